The summed E-state index contributed by atoms with van der Waals surface area (Å²) < 4.78 is 5.75. The van der Waals surface area contributed by atoms with Crippen LogP contribution in [-0.4, -0.2) is 46.7 Å². The minimum atomic E-state index is -0.706. The Morgan fingerprint density at radius 2 is 1.88 bits per heavy atom. The van der Waals surface area contributed by atoms with Gasteiger partial charge in [0.05, 0.1) is 17.6 Å². The molecule has 3 rings (SSSR count). The van der Waals surface area contributed by atoms with Crippen LogP contribution >= 0.6 is 12.2 Å². The third kappa shape index (κ3) is 6.79. The summed E-state index contributed by atoms with van der Waals surface area (Å²) in [6.45, 7) is 2.23. The Morgan fingerprint density at radius 3 is 2.59 bits per heavy atom. The molecule has 2 amide bonds. The van der Waals surface area contributed by atoms with Gasteiger partial charge < -0.3 is 20.4 Å². The van der Waals surface area contributed by atoms with Gasteiger partial charge in [0.25, 0.3) is 0 Å². The summed E-state index contributed by atoms with van der Waals surface area (Å²) in [5.41, 5.74) is 4.75. The van der Waals surface area contributed by atoms with Gasteiger partial charge in [0, 0.05) is 42.9 Å². The van der Waals surface area contributed by atoms with E-state index in [9.17, 15) is 9.59 Å². The van der Waals surface area contributed by atoms with E-state index in [4.69, 9.17) is 22.2 Å². The molecule has 3 aromatic rings. The molecule has 34 heavy (non-hydrogen) atoms. The summed E-state index contributed by atoms with van der Waals surface area (Å²) >= 11 is 5.47. The third-order valence-electron chi connectivity index (χ3n) is 5.66. The number of carbonyl (C=O) groups excluding carboxylic acids is 2. The summed E-state index contributed by atoms with van der Waals surface area (Å²) in [5.74, 6) is -0.994. The van der Waals surface area contributed by atoms with Crippen molar-refractivity contribution in [2.45, 2.75) is 32.2 Å². The molecule has 0 aliphatic rings. The smallest absolute Gasteiger partial charge is 0.244 e. The number of H-pyrrole nitrogens is 1. The van der Waals surface area contributed by atoms with E-state index in [-0.39, 0.29) is 18.9 Å². The highest BCUT2D eigenvalue weighted by molar-refractivity contribution is 7.80. The number of carbonyl (C=O) groups is 2. The largest absolute Gasteiger partial charge is 0.494 e. The van der Waals surface area contributed by atoms with Crippen molar-refractivity contribution in [1.29, 1.82) is 0 Å². The lowest BCUT2D eigenvalue weighted by molar-refractivity contribution is -0.135. The van der Waals surface area contributed by atoms with Crippen LogP contribution in [0.2, 0.25) is 0 Å². The lowest BCUT2D eigenvalue weighted by Gasteiger charge is -2.23. The van der Waals surface area contributed by atoms with Gasteiger partial charge >= 0.3 is 0 Å². The first kappa shape index (κ1) is 25.2. The molecule has 0 saturated heterocycles. The molecule has 0 saturated carbocycles. The van der Waals surface area contributed by atoms with Gasteiger partial charge in [-0.2, -0.15) is 0 Å². The fraction of sp³-hybridized carbons (Fsp3) is 0.320. The molecule has 1 aromatic heterocycles. The number of para-hydroxylation sites is 1. The molecular formula is C25H30N4O4S. The predicted octanol–water partition coefficient (Wildman–Crippen LogP) is 3.03. The maximum atomic E-state index is 13.2. The Hall–Kier alpha value is -3.43. The monoisotopic (exact) mass is 482 g/mol. The highest BCUT2D eigenvalue weighted by Crippen LogP contribution is 2.20. The van der Waals surface area contributed by atoms with Crippen molar-refractivity contribution in [3.05, 3.63) is 65.9 Å². The number of hydrogen-bond donors (Lipinski definition) is 5. The van der Waals surface area contributed by atoms with Gasteiger partial charge in [-0.25, -0.2) is 5.48 Å². The van der Waals surface area contributed by atoms with Crippen LogP contribution in [0.15, 0.2) is 54.7 Å². The van der Waals surface area contributed by atoms with Gasteiger partial charge in [0.2, 0.25) is 11.8 Å². The Morgan fingerprint density at radius 1 is 1.15 bits per heavy atom. The van der Waals surface area contributed by atoms with E-state index in [0.29, 0.717) is 23.6 Å². The molecule has 2 aromatic carbocycles. The lowest BCUT2D eigenvalue weighted by atomic mass is 9.98. The molecule has 2 unspecified atom stereocenters. The van der Waals surface area contributed by atoms with Gasteiger partial charge in [0.15, 0.2) is 0 Å². The normalized spacial score (nSPS) is 12.6. The van der Waals surface area contributed by atoms with E-state index in [1.54, 1.807) is 12.5 Å². The number of aryl methyl sites for hydroxylation is 1. The van der Waals surface area contributed by atoms with Gasteiger partial charge in [-0.05, 0) is 37.1 Å². The molecule has 0 aliphatic heterocycles. The van der Waals surface area contributed by atoms with Gasteiger partial charge in [0.1, 0.15) is 5.75 Å². The Balaban J connectivity index is 1.69. The highest BCUT2D eigenvalue weighted by atomic mass is 32.1. The van der Waals surface area contributed by atoms with Crippen LogP contribution in [0.3, 0.4) is 0 Å². The Bertz CT molecular complexity index is 1130. The van der Waals surface area contributed by atoms with E-state index in [1.165, 1.54) is 0 Å². The van der Waals surface area contributed by atoms with E-state index in [2.05, 4.69) is 15.6 Å². The topological polar surface area (TPSA) is 115 Å². The summed E-state index contributed by atoms with van der Waals surface area (Å²) in [5, 5.41) is 16.0. The number of hydroxylamine groups is 1. The van der Waals surface area contributed by atoms with Gasteiger partial charge in [-0.3, -0.25) is 14.8 Å². The quantitative estimate of drug-likeness (QED) is 0.163. The second-order valence-corrected chi connectivity index (χ2v) is 8.57. The number of aromatic amines is 1. The van der Waals surface area contributed by atoms with Crippen LogP contribution in [0.5, 0.6) is 5.75 Å². The first-order valence-corrected chi connectivity index (χ1v) is 11.5. The van der Waals surface area contributed by atoms with Crippen LogP contribution in [-0.2, 0) is 16.0 Å². The maximum absolute atomic E-state index is 13.2. The number of rotatable bonds is 11. The predicted molar refractivity (Wildman–Crippen MR) is 135 cm³/mol. The van der Waals surface area contributed by atoms with Crippen molar-refractivity contribution >= 4 is 39.9 Å². The molecular weight excluding hydrogens is 452 g/mol. The van der Waals surface area contributed by atoms with Crippen LogP contribution in [0.1, 0.15) is 24.0 Å². The molecule has 9 heteroatoms. The molecule has 2 atom stereocenters. The molecule has 180 valence electrons. The zero-order valence-electron chi connectivity index (χ0n) is 19.3. The first-order chi connectivity index (χ1) is 16.4. The number of thiocarbonyl (C=S) groups is 1. The van der Waals surface area contributed by atoms with Gasteiger partial charge in [-0.1, -0.05) is 48.1 Å². The second kappa shape index (κ2) is 12.2. The molecule has 0 fully saturated rings. The molecule has 0 bridgehead atoms. The van der Waals surface area contributed by atoms with E-state index in [1.807, 2.05) is 61.7 Å². The Kier molecular flexibility index (Phi) is 9.00. The lowest BCUT2D eigenvalue weighted by Crippen LogP contribution is -2.48. The number of aromatic nitrogens is 1. The number of benzene rings is 2. The summed E-state index contributed by atoms with van der Waals surface area (Å²) in [7, 11) is 1.71. The molecule has 8 nitrogen and oxygen atoms in total. The number of amides is 2. The summed E-state index contributed by atoms with van der Waals surface area (Å²) in [6, 6.07) is 15.0. The third-order valence-corrected chi connectivity index (χ3v) is 6.15. The standard InChI is InChI=1S/C25H30N4O4S/c1-16-7-9-19(10-8-16)33-12-11-17(14-23(30)29-32)24(31)28-22(25(34)26-2)13-18-15-27-21-6-4-3-5-20(18)21/h3-10,15,17,22,27,32H,11-14H2,1-2H3,(H,26,34)(H,28,31)(H,29,30). The summed E-state index contributed by atoms with van der Waals surface area (Å²) in [4.78, 5) is 28.8. The fourth-order valence-corrected chi connectivity index (χ4v) is 3.88. The van der Waals surface area contributed by atoms with Crippen molar-refractivity contribution in [3.63, 3.8) is 0 Å². The van der Waals surface area contributed by atoms with Crippen LogP contribution in [0, 0.1) is 12.8 Å². The van der Waals surface area contributed by atoms with Crippen molar-refractivity contribution < 1.29 is 19.5 Å². The number of ether oxygens (including phenoxy) is 1. The number of likely N-dealkylation sites (N-methyl/N-ethyl adjacent to an activating group) is 1. The minimum absolute atomic E-state index is 0.175. The molecule has 0 radical (unpaired) electrons. The fourth-order valence-electron chi connectivity index (χ4n) is 3.74. The molecule has 0 aliphatic carbocycles. The van der Waals surface area contributed by atoms with Crippen molar-refractivity contribution in [1.82, 2.24) is 21.1 Å². The van der Waals surface area contributed by atoms with Crippen LogP contribution in [0.4, 0.5) is 0 Å². The minimum Gasteiger partial charge on any atom is -0.494 e. The SMILES string of the molecule is CNC(=S)C(Cc1c[nH]c2ccccc12)NC(=O)C(CCOc1ccc(C)cc1)CC(=O)NO. The zero-order chi connectivity index (χ0) is 24.5. The van der Waals surface area contributed by atoms with E-state index >= 15 is 0 Å². The van der Waals surface area contributed by atoms with Crippen molar-refractivity contribution in [2.75, 3.05) is 13.7 Å². The number of nitrogens with one attached hydrogen (secondary N) is 4. The average molecular weight is 483 g/mol. The first-order valence-electron chi connectivity index (χ1n) is 11.1. The maximum Gasteiger partial charge on any atom is 0.244 e. The van der Waals surface area contributed by atoms with Crippen LogP contribution < -0.4 is 20.9 Å². The van der Waals surface area contributed by atoms with Crippen LogP contribution in [0.25, 0.3) is 10.9 Å². The van der Waals surface area contributed by atoms with Crippen molar-refractivity contribution in [2.24, 2.45) is 5.92 Å². The Labute approximate surface area is 204 Å². The van der Waals surface area contributed by atoms with E-state index in [0.717, 1.165) is 22.0 Å². The second-order valence-electron chi connectivity index (χ2n) is 8.13. The van der Waals surface area contributed by atoms with Crippen molar-refractivity contribution in [3.8, 4) is 5.75 Å². The zero-order valence-corrected chi connectivity index (χ0v) is 20.1. The number of fused-ring (bicyclic) bond motifs is 1. The molecule has 5 N–H and O–H groups in total. The summed E-state index contributed by atoms with van der Waals surface area (Å²) in [6.07, 6.45) is 2.51. The molecule has 0 spiro atoms. The van der Waals surface area contributed by atoms with Gasteiger partial charge in [-0.15, -0.1) is 0 Å². The molecule has 1 heterocycles. The van der Waals surface area contributed by atoms with E-state index < -0.39 is 17.9 Å². The highest BCUT2D eigenvalue weighted by Gasteiger charge is 2.26. The number of hydrogen-bond acceptors (Lipinski definition) is 5. The average Bonchev–Trinajstić information content (AvgIpc) is 3.26.